The molecule has 14 rings (SSSR count). The molecule has 2 aromatic rings. The predicted octanol–water partition coefficient (Wildman–Crippen LogP) is 1.38. The minimum Gasteiger partial charge on any atom is -0.247 e. The van der Waals surface area contributed by atoms with Crippen LogP contribution in [0.2, 0.25) is 0 Å². The van der Waals surface area contributed by atoms with Gasteiger partial charge in [-0.25, -0.2) is 83.7 Å². The zero-order valence-electron chi connectivity index (χ0n) is 61.4. The van der Waals surface area contributed by atoms with Crippen molar-refractivity contribution in [1.29, 1.82) is 0 Å². The Morgan fingerprint density at radius 3 is 0.726 bits per heavy atom. The standard InChI is InChI=1S/C17H16O8S2.C9H16O8S2.C7H6F6O8S2.C7H12O8S2.C5F8O8S2.C5H8O8S2/c18-26(19)22-11-17(15(24-26)13-7-3-1-4-8-13)12-23-27(20,21)25-16(17)14-9-5-2-6-10-14;1-5-9(6(2)15-18(10,11)14-5)7(3)16-19(12,13)17-8(9)4;8-6(9,10)3-5(1-18-22(14,15)20-3)2-19-23(16,17)21-4(5)7(11,12)13;1-5-7(3-12-16(8,9)14-5)4-13-17(10,11)15-6(7)2;6-2(7)1(3(8,9)19-22(14,15)18-2)4(10,11)20-23(16,17)21-5(1,12)13;6-14(7)10-1-5(2-11-14)3-12-15(8,9)13-4-5/h1-10,15-16H,11-12H2;5-8H,1-4H3;3-4H,1-2H2;5-6H,3-4H2,1-2H3;;1-4H2. The molecule has 12 aliphatic heterocycles. The molecule has 0 saturated carbocycles. The van der Waals surface area contributed by atoms with Crippen LogP contribution in [0.15, 0.2) is 60.7 Å². The highest BCUT2D eigenvalue weighted by molar-refractivity contribution is 7.84. The third kappa shape index (κ3) is 21.8. The van der Waals surface area contributed by atoms with Gasteiger partial charge in [0.05, 0.1) is 130 Å². The summed E-state index contributed by atoms with van der Waals surface area (Å²) in [6.07, 6.45) is -52.0. The Morgan fingerprint density at radius 2 is 0.476 bits per heavy atom. The Balaban J connectivity index is 0.000000170. The molecule has 12 fully saturated rings. The number of benzene rings is 2. The van der Waals surface area contributed by atoms with Crippen molar-refractivity contribution in [3.8, 4) is 0 Å². The van der Waals surface area contributed by atoms with Crippen molar-refractivity contribution in [2.24, 2.45) is 32.5 Å². The molecule has 48 nitrogen and oxygen atoms in total. The number of halogens is 14. The molecule has 6 spiro atoms. The Labute approximate surface area is 693 Å². The van der Waals surface area contributed by atoms with Crippen LogP contribution in [0.25, 0.3) is 0 Å². The van der Waals surface area contributed by atoms with E-state index in [9.17, 15) is 162 Å². The van der Waals surface area contributed by atoms with Crippen LogP contribution in [0, 0.1) is 32.5 Å². The van der Waals surface area contributed by atoms with Gasteiger partial charge < -0.3 is 0 Å². The Bertz CT molecular complexity index is 5310. The van der Waals surface area contributed by atoms with Crippen LogP contribution >= 0.6 is 0 Å². The topological polar surface area (TPSA) is 631 Å². The molecule has 0 aromatic heterocycles. The van der Waals surface area contributed by atoms with Gasteiger partial charge in [-0.3, -0.25) is 0 Å². The van der Waals surface area contributed by atoms with Crippen molar-refractivity contribution >= 4 is 125 Å². The molecule has 0 radical (unpaired) electrons. The van der Waals surface area contributed by atoms with E-state index >= 15 is 0 Å². The van der Waals surface area contributed by atoms with Gasteiger partial charge in [0.2, 0.25) is 0 Å². The van der Waals surface area contributed by atoms with Crippen molar-refractivity contribution in [1.82, 2.24) is 0 Å². The monoisotopic (exact) mass is 2080 g/mol. The van der Waals surface area contributed by atoms with E-state index in [1.165, 1.54) is 41.5 Å². The van der Waals surface area contributed by atoms with E-state index in [4.69, 9.17) is 41.8 Å². The highest BCUT2D eigenvalue weighted by atomic mass is 32.3. The van der Waals surface area contributed by atoms with Gasteiger partial charge in [-0.15, -0.1) is 0 Å². The molecule has 0 bridgehead atoms. The van der Waals surface area contributed by atoms with Crippen molar-refractivity contribution in [2.75, 3.05) is 66.1 Å². The van der Waals surface area contributed by atoms with Gasteiger partial charge in [0.1, 0.15) is 12.2 Å². The summed E-state index contributed by atoms with van der Waals surface area (Å²) in [6, 6.07) is 17.2. The van der Waals surface area contributed by atoms with Gasteiger partial charge in [-0.1, -0.05) is 60.7 Å². The molecule has 74 heteroatoms. The number of hydrogen-bond donors (Lipinski definition) is 0. The van der Waals surface area contributed by atoms with Crippen molar-refractivity contribution in [2.45, 2.75) is 139 Å². The molecule has 0 N–H and O–H groups in total. The van der Waals surface area contributed by atoms with Crippen LogP contribution in [0.3, 0.4) is 0 Å². The maximum atomic E-state index is 13.5. The average Bonchev–Trinajstić information content (AvgIpc) is 0.658. The molecule has 0 amide bonds. The third-order valence-electron chi connectivity index (χ3n) is 19.2. The van der Waals surface area contributed by atoms with Gasteiger partial charge in [0.15, 0.2) is 12.2 Å². The molecule has 10 atom stereocenters. The molecule has 12 saturated heterocycles. The second-order valence-electron chi connectivity index (χ2n) is 27.1. The molecule has 124 heavy (non-hydrogen) atoms. The second-order valence-corrected chi connectivity index (χ2v) is 41.9. The summed E-state index contributed by atoms with van der Waals surface area (Å²) >= 11 is 0. The number of rotatable bonds is 2. The van der Waals surface area contributed by atoms with Gasteiger partial charge in [0, 0.05) is 0 Å². The first kappa shape index (κ1) is 104. The van der Waals surface area contributed by atoms with Gasteiger partial charge in [-0.05, 0) is 52.7 Å². The van der Waals surface area contributed by atoms with Gasteiger partial charge in [-0.2, -0.15) is 179 Å². The van der Waals surface area contributed by atoms with Crippen LogP contribution in [-0.4, -0.2) is 253 Å². The fourth-order valence-corrected chi connectivity index (χ4v) is 24.5. The van der Waals surface area contributed by atoms with E-state index in [1.54, 1.807) is 60.7 Å². The first-order valence-electron chi connectivity index (χ1n) is 32.6. The lowest BCUT2D eigenvalue weighted by molar-refractivity contribution is -0.548. The van der Waals surface area contributed by atoms with E-state index in [0.717, 1.165) is 0 Å². The maximum Gasteiger partial charge on any atom is 0.417 e. The Hall–Kier alpha value is -4.10. The smallest absolute Gasteiger partial charge is 0.247 e. The van der Waals surface area contributed by atoms with Crippen LogP contribution in [0.1, 0.15) is 64.9 Å². The summed E-state index contributed by atoms with van der Waals surface area (Å²) in [6.45, 7) is 3.60. The molecule has 716 valence electrons. The van der Waals surface area contributed by atoms with E-state index < -0.39 is 268 Å². The molecule has 10 unspecified atom stereocenters. The summed E-state index contributed by atoms with van der Waals surface area (Å²) in [4.78, 5) is 0. The van der Waals surface area contributed by atoms with Crippen LogP contribution < -0.4 is 0 Å². The van der Waals surface area contributed by atoms with E-state index in [2.05, 4.69) is 58.6 Å². The SMILES string of the molecule is CC1OS(=O)(=O)OC(C)C12C(C)OS(=O)(=O)OC2C.CC1OS(=O)(=O)OCC12COS(=O)(=O)OC2C.O=S1(=O)OC(F)(F)C2(C(F)(F)O1)C(F)(F)OS(=O)(=O)OC2(F)F.O=S1(=O)OCC2(CO1)COS(=O)(=O)OC2.O=S1(=O)OCC2(COS(=O)(=O)OC2C(F)(F)F)C(C(F)(F)F)O1.O=S1(=O)OCC2(COS(=O)(=O)OC2c2ccccc2)C(c2ccccc2)O1. The molecule has 12 heterocycles. The molecule has 0 aliphatic carbocycles. The molecule has 2 aromatic carbocycles. The minimum absolute atomic E-state index is 0.217. The molecular weight excluding hydrogens is 2020 g/mol. The quantitative estimate of drug-likeness (QED) is 0.383. The zero-order valence-corrected chi connectivity index (χ0v) is 71.2. The highest BCUT2D eigenvalue weighted by Crippen LogP contribution is 2.71. The lowest BCUT2D eigenvalue weighted by Crippen LogP contribution is -2.79. The van der Waals surface area contributed by atoms with E-state index in [-0.39, 0.29) is 52.9 Å². The van der Waals surface area contributed by atoms with Crippen LogP contribution in [0.5, 0.6) is 0 Å². The third-order valence-corrected chi connectivity index (χ3v) is 29.8. The van der Waals surface area contributed by atoms with Crippen molar-refractivity contribution in [3.63, 3.8) is 0 Å². The van der Waals surface area contributed by atoms with Crippen LogP contribution in [0.4, 0.5) is 61.5 Å². The fraction of sp³-hybridized carbons (Fsp3) is 0.760. The summed E-state index contributed by atoms with van der Waals surface area (Å²) in [7, 11) is -56.0. The van der Waals surface area contributed by atoms with Crippen molar-refractivity contribution in [3.05, 3.63) is 71.8 Å². The predicted molar refractivity (Wildman–Crippen MR) is 351 cm³/mol. The lowest BCUT2D eigenvalue weighted by Gasteiger charge is -2.52. The fourth-order valence-electron chi connectivity index (χ4n) is 13.2. The molecule has 12 aliphatic rings. The summed E-state index contributed by atoms with van der Waals surface area (Å²) < 4.78 is 554. The van der Waals surface area contributed by atoms with Gasteiger partial charge in [0.25, 0.3) is 0 Å². The molecular formula is C50H58F14O48S12. The van der Waals surface area contributed by atoms with E-state index in [0.29, 0.717) is 11.1 Å². The first-order valence-corrected chi connectivity index (χ1v) is 48.6. The summed E-state index contributed by atoms with van der Waals surface area (Å²) in [5.41, 5.74) is -13.0. The number of alkyl halides is 14. The zero-order chi connectivity index (χ0) is 94.0. The maximum absolute atomic E-state index is 13.5. The normalized spacial score (nSPS) is 38.0. The summed E-state index contributed by atoms with van der Waals surface area (Å²) in [5.74, 6) is 0. The first-order chi connectivity index (χ1) is 55.7. The van der Waals surface area contributed by atoms with E-state index in [1.807, 2.05) is 0 Å². The minimum atomic E-state index is -6.63. The van der Waals surface area contributed by atoms with Crippen molar-refractivity contribution < 1.29 is 263 Å². The second kappa shape index (κ2) is 34.2. The highest BCUT2D eigenvalue weighted by Gasteiger charge is 3.00. The van der Waals surface area contributed by atoms with Crippen LogP contribution in [-0.2, 0) is 225 Å². The largest absolute Gasteiger partial charge is 0.417 e. The summed E-state index contributed by atoms with van der Waals surface area (Å²) in [5, 5.41) is 0. The average molecular weight is 2080 g/mol. The number of hydrogen-bond acceptors (Lipinski definition) is 48. The Morgan fingerprint density at radius 1 is 0.258 bits per heavy atom. The lowest BCUT2D eigenvalue weighted by atomic mass is 9.69. The Kier molecular flexibility index (Phi) is 28.6. The van der Waals surface area contributed by atoms with Gasteiger partial charge >= 0.3 is 167 Å².